The van der Waals surface area contributed by atoms with Crippen LogP contribution in [0.3, 0.4) is 0 Å². The minimum absolute atomic E-state index is 0.00706. The highest BCUT2D eigenvalue weighted by molar-refractivity contribution is 7.92. The summed E-state index contributed by atoms with van der Waals surface area (Å²) in [5.74, 6) is 1.64. The first-order chi connectivity index (χ1) is 15.0. The van der Waals surface area contributed by atoms with E-state index in [4.69, 9.17) is 4.52 Å². The average molecular weight is 448 g/mol. The van der Waals surface area contributed by atoms with Crippen LogP contribution >= 0.6 is 0 Å². The average Bonchev–Trinajstić information content (AvgIpc) is 3.40. The van der Waals surface area contributed by atoms with Gasteiger partial charge in [-0.2, -0.15) is 0 Å². The molecule has 0 fully saturated rings. The fourth-order valence-electron chi connectivity index (χ4n) is 3.81. The molecule has 0 saturated carbocycles. The van der Waals surface area contributed by atoms with Crippen molar-refractivity contribution in [3.05, 3.63) is 47.3 Å². The lowest BCUT2D eigenvalue weighted by molar-refractivity contribution is 0.372. The van der Waals surface area contributed by atoms with E-state index in [1.54, 1.807) is 0 Å². The number of hydrogen-bond donors (Lipinski definition) is 2. The number of hydrogen-bond acceptors (Lipinski definition) is 5. The molecule has 2 aromatic rings. The highest BCUT2D eigenvalue weighted by Crippen LogP contribution is 2.29. The summed E-state index contributed by atoms with van der Waals surface area (Å²) in [5, 5.41) is 10.4. The van der Waals surface area contributed by atoms with Gasteiger partial charge in [0.15, 0.2) is 11.7 Å². The minimum Gasteiger partial charge on any atom is -0.359 e. The molecular formula is C22H33N5O3S. The SMILES string of the molecule is CCNC(=NCc1cc(C(CC)CC)no1)NCCS(=O)(=O)N1CCc2ccccc21. The predicted octanol–water partition coefficient (Wildman–Crippen LogP) is 3.03. The highest BCUT2D eigenvalue weighted by Gasteiger charge is 2.28. The van der Waals surface area contributed by atoms with Crippen molar-refractivity contribution in [2.45, 2.75) is 52.5 Å². The van der Waals surface area contributed by atoms with Gasteiger partial charge in [0.2, 0.25) is 10.0 Å². The number of sulfonamides is 1. The van der Waals surface area contributed by atoms with Gasteiger partial charge in [-0.3, -0.25) is 4.31 Å². The number of rotatable bonds is 10. The van der Waals surface area contributed by atoms with Gasteiger partial charge in [0.05, 0.1) is 17.1 Å². The van der Waals surface area contributed by atoms with Crippen LogP contribution in [0.5, 0.6) is 0 Å². The zero-order valence-corrected chi connectivity index (χ0v) is 19.4. The zero-order chi connectivity index (χ0) is 22.3. The first kappa shape index (κ1) is 23.1. The maximum atomic E-state index is 12.8. The molecule has 0 bridgehead atoms. The molecule has 0 amide bonds. The van der Waals surface area contributed by atoms with E-state index in [0.717, 1.165) is 36.2 Å². The molecule has 9 heteroatoms. The Morgan fingerprint density at radius 1 is 1.23 bits per heavy atom. The van der Waals surface area contributed by atoms with Crippen LogP contribution in [-0.4, -0.2) is 44.9 Å². The normalized spacial score (nSPS) is 14.2. The molecule has 0 aliphatic carbocycles. The fourth-order valence-corrected chi connectivity index (χ4v) is 5.23. The van der Waals surface area contributed by atoms with Crippen LogP contribution in [0, 0.1) is 0 Å². The smallest absolute Gasteiger partial charge is 0.236 e. The summed E-state index contributed by atoms with van der Waals surface area (Å²) >= 11 is 0. The molecule has 1 aromatic heterocycles. The lowest BCUT2D eigenvalue weighted by atomic mass is 9.99. The predicted molar refractivity (Wildman–Crippen MR) is 124 cm³/mol. The number of benzene rings is 1. The van der Waals surface area contributed by atoms with Gasteiger partial charge >= 0.3 is 0 Å². The molecule has 0 spiro atoms. The Morgan fingerprint density at radius 2 is 2.00 bits per heavy atom. The first-order valence-electron chi connectivity index (χ1n) is 11.0. The van der Waals surface area contributed by atoms with E-state index in [1.807, 2.05) is 37.3 Å². The van der Waals surface area contributed by atoms with Gasteiger partial charge in [0, 0.05) is 31.6 Å². The van der Waals surface area contributed by atoms with E-state index in [-0.39, 0.29) is 12.3 Å². The summed E-state index contributed by atoms with van der Waals surface area (Å²) in [5.41, 5.74) is 2.83. The molecule has 0 saturated heterocycles. The van der Waals surface area contributed by atoms with E-state index in [1.165, 1.54) is 4.31 Å². The standard InChI is InChI=1S/C22H33N5O3S/c1-4-17(5-2)20-15-19(30-26-20)16-25-22(23-6-3)24-12-14-31(28,29)27-13-11-18-9-7-8-10-21(18)27/h7-10,15,17H,4-6,11-14,16H2,1-3H3,(H2,23,24,25). The molecular weight excluding hydrogens is 414 g/mol. The summed E-state index contributed by atoms with van der Waals surface area (Å²) in [6.45, 7) is 8.03. The van der Waals surface area contributed by atoms with Crippen molar-refractivity contribution in [3.8, 4) is 0 Å². The maximum absolute atomic E-state index is 12.8. The Kier molecular flexibility index (Phi) is 7.95. The second-order valence-corrected chi connectivity index (χ2v) is 9.63. The van der Waals surface area contributed by atoms with Crippen molar-refractivity contribution in [1.29, 1.82) is 0 Å². The third kappa shape index (κ3) is 5.78. The van der Waals surface area contributed by atoms with E-state index < -0.39 is 10.0 Å². The number of nitrogens with zero attached hydrogens (tertiary/aromatic N) is 3. The van der Waals surface area contributed by atoms with Gasteiger partial charge in [0.1, 0.15) is 6.54 Å². The van der Waals surface area contributed by atoms with Gasteiger partial charge < -0.3 is 15.2 Å². The fraction of sp³-hybridized carbons (Fsp3) is 0.545. The quantitative estimate of drug-likeness (QED) is 0.429. The summed E-state index contributed by atoms with van der Waals surface area (Å²) in [7, 11) is -3.40. The topological polar surface area (TPSA) is 99.8 Å². The van der Waals surface area contributed by atoms with Crippen LogP contribution in [-0.2, 0) is 23.0 Å². The van der Waals surface area contributed by atoms with Gasteiger partial charge in [-0.15, -0.1) is 0 Å². The Labute approximate surface area is 185 Å². The Morgan fingerprint density at radius 3 is 2.74 bits per heavy atom. The maximum Gasteiger partial charge on any atom is 0.236 e. The van der Waals surface area contributed by atoms with Gasteiger partial charge in [-0.05, 0) is 37.8 Å². The van der Waals surface area contributed by atoms with Crippen LogP contribution in [0.2, 0.25) is 0 Å². The van der Waals surface area contributed by atoms with Crippen LogP contribution in [0.15, 0.2) is 39.8 Å². The monoisotopic (exact) mass is 447 g/mol. The second-order valence-electron chi connectivity index (χ2n) is 7.62. The molecule has 170 valence electrons. The number of guanidine groups is 1. The summed E-state index contributed by atoms with van der Waals surface area (Å²) in [6, 6.07) is 9.63. The molecule has 1 aliphatic rings. The van der Waals surface area contributed by atoms with E-state index in [2.05, 4.69) is 34.6 Å². The van der Waals surface area contributed by atoms with Crippen molar-refractivity contribution >= 4 is 21.7 Å². The summed E-state index contributed by atoms with van der Waals surface area (Å²) < 4.78 is 32.6. The lowest BCUT2D eigenvalue weighted by Crippen LogP contribution is -2.42. The van der Waals surface area contributed by atoms with Crippen LogP contribution in [0.1, 0.15) is 56.5 Å². The van der Waals surface area contributed by atoms with Gasteiger partial charge in [0.25, 0.3) is 0 Å². The Hall–Kier alpha value is -2.55. The van der Waals surface area contributed by atoms with Crippen molar-refractivity contribution < 1.29 is 12.9 Å². The van der Waals surface area contributed by atoms with Crippen molar-refractivity contribution in [1.82, 2.24) is 15.8 Å². The number of aliphatic imine (C=N–C) groups is 1. The van der Waals surface area contributed by atoms with E-state index in [0.29, 0.717) is 37.3 Å². The van der Waals surface area contributed by atoms with Crippen LogP contribution < -0.4 is 14.9 Å². The zero-order valence-electron chi connectivity index (χ0n) is 18.6. The number of para-hydroxylation sites is 1. The molecule has 1 aromatic carbocycles. The van der Waals surface area contributed by atoms with E-state index >= 15 is 0 Å². The highest BCUT2D eigenvalue weighted by atomic mass is 32.2. The number of nitrogens with one attached hydrogen (secondary N) is 2. The number of aromatic nitrogens is 1. The molecule has 0 unspecified atom stereocenters. The molecule has 2 N–H and O–H groups in total. The molecule has 31 heavy (non-hydrogen) atoms. The summed E-state index contributed by atoms with van der Waals surface area (Å²) in [4.78, 5) is 4.51. The van der Waals surface area contributed by atoms with Crippen molar-refractivity contribution in [2.75, 3.05) is 29.7 Å². The third-order valence-corrected chi connectivity index (χ3v) is 7.32. The molecule has 3 rings (SSSR count). The minimum atomic E-state index is -3.40. The number of fused-ring (bicyclic) bond motifs is 1. The third-order valence-electron chi connectivity index (χ3n) is 5.55. The molecule has 0 radical (unpaired) electrons. The van der Waals surface area contributed by atoms with Crippen molar-refractivity contribution in [2.24, 2.45) is 4.99 Å². The van der Waals surface area contributed by atoms with Crippen molar-refractivity contribution in [3.63, 3.8) is 0 Å². The van der Waals surface area contributed by atoms with Gasteiger partial charge in [-0.1, -0.05) is 37.2 Å². The first-order valence-corrected chi connectivity index (χ1v) is 12.6. The molecule has 8 nitrogen and oxygen atoms in total. The Bertz CT molecular complexity index is 983. The molecule has 0 atom stereocenters. The number of anilines is 1. The van der Waals surface area contributed by atoms with E-state index in [9.17, 15) is 8.42 Å². The van der Waals surface area contributed by atoms with Crippen LogP contribution in [0.25, 0.3) is 0 Å². The Balaban J connectivity index is 1.57. The van der Waals surface area contributed by atoms with Gasteiger partial charge in [-0.25, -0.2) is 13.4 Å². The largest absolute Gasteiger partial charge is 0.359 e. The summed E-state index contributed by atoms with van der Waals surface area (Å²) in [6.07, 6.45) is 2.79. The molecule has 2 heterocycles. The molecule has 1 aliphatic heterocycles. The lowest BCUT2D eigenvalue weighted by Gasteiger charge is -2.20. The second kappa shape index (κ2) is 10.7. The van der Waals surface area contributed by atoms with Crippen LogP contribution in [0.4, 0.5) is 5.69 Å².